The van der Waals surface area contributed by atoms with Gasteiger partial charge in [0.1, 0.15) is 11.6 Å². The van der Waals surface area contributed by atoms with Crippen LogP contribution in [-0.4, -0.2) is 44.7 Å². The zero-order chi connectivity index (χ0) is 23.2. The lowest BCUT2D eigenvalue weighted by Crippen LogP contribution is -2.59. The second-order valence-electron chi connectivity index (χ2n) is 8.36. The maximum Gasteiger partial charge on any atom is 0.326 e. The Hall–Kier alpha value is -2.39. The summed E-state index contributed by atoms with van der Waals surface area (Å²) in [7, 11) is 0. The molecule has 0 unspecified atom stereocenters. The van der Waals surface area contributed by atoms with Crippen LogP contribution in [-0.2, 0) is 20.8 Å². The first-order valence-electron chi connectivity index (χ1n) is 10.0. The second-order valence-corrected chi connectivity index (χ2v) is 9.93. The van der Waals surface area contributed by atoms with Crippen molar-refractivity contribution in [2.75, 3.05) is 0 Å². The van der Waals surface area contributed by atoms with E-state index in [0.29, 0.717) is 12.0 Å². The van der Waals surface area contributed by atoms with E-state index in [1.54, 1.807) is 23.6 Å². The van der Waals surface area contributed by atoms with Crippen LogP contribution in [0.2, 0.25) is 0 Å². The van der Waals surface area contributed by atoms with Crippen LogP contribution in [0.25, 0.3) is 10.6 Å². The minimum absolute atomic E-state index is 0.0748. The van der Waals surface area contributed by atoms with E-state index in [-0.39, 0.29) is 18.2 Å². The minimum Gasteiger partial charge on any atom is -0.480 e. The third-order valence-electron chi connectivity index (χ3n) is 4.64. The van der Waals surface area contributed by atoms with Gasteiger partial charge < -0.3 is 15.7 Å². The molecule has 9 heteroatoms. The zero-order valence-corrected chi connectivity index (χ0v) is 19.8. The smallest absolute Gasteiger partial charge is 0.326 e. The number of carbonyl (C=O) groups is 3. The average molecular weight is 464 g/mol. The van der Waals surface area contributed by atoms with Crippen LogP contribution in [0, 0.1) is 5.92 Å². The fourth-order valence-electron chi connectivity index (χ4n) is 2.89. The Kier molecular flexibility index (Phi) is 8.64. The first-order chi connectivity index (χ1) is 14.5. The first-order valence-corrected chi connectivity index (χ1v) is 11.4. The van der Waals surface area contributed by atoms with Gasteiger partial charge in [-0.05, 0) is 49.3 Å². The molecule has 2 amide bonds. The molecule has 0 radical (unpaired) electrons. The number of pyridine rings is 1. The van der Waals surface area contributed by atoms with Crippen molar-refractivity contribution in [1.29, 1.82) is 0 Å². The predicted octanol–water partition coefficient (Wildman–Crippen LogP) is 3.16. The molecule has 168 valence electrons. The van der Waals surface area contributed by atoms with Crippen molar-refractivity contribution in [3.63, 3.8) is 0 Å². The van der Waals surface area contributed by atoms with Gasteiger partial charge in [0.25, 0.3) is 0 Å². The van der Waals surface area contributed by atoms with Crippen LogP contribution in [0.1, 0.15) is 39.7 Å². The molecule has 3 N–H and O–H groups in total. The molecule has 0 saturated heterocycles. The van der Waals surface area contributed by atoms with E-state index in [1.165, 1.54) is 13.8 Å². The molecule has 0 bridgehead atoms. The Morgan fingerprint density at radius 3 is 2.45 bits per heavy atom. The molecular formula is C22H29N3O4S2. The van der Waals surface area contributed by atoms with Crippen molar-refractivity contribution in [3.8, 4) is 10.6 Å². The zero-order valence-electron chi connectivity index (χ0n) is 18.1. The van der Waals surface area contributed by atoms with Crippen LogP contribution in [0.3, 0.4) is 0 Å². The average Bonchev–Trinajstić information content (AvgIpc) is 3.21. The highest BCUT2D eigenvalue weighted by atomic mass is 32.1. The van der Waals surface area contributed by atoms with E-state index in [4.69, 9.17) is 0 Å². The molecule has 31 heavy (non-hydrogen) atoms. The van der Waals surface area contributed by atoms with Crippen molar-refractivity contribution in [2.24, 2.45) is 5.92 Å². The molecule has 2 atom stereocenters. The van der Waals surface area contributed by atoms with Crippen LogP contribution < -0.4 is 10.6 Å². The Morgan fingerprint density at radius 2 is 1.94 bits per heavy atom. The van der Waals surface area contributed by atoms with Gasteiger partial charge in [0, 0.05) is 12.6 Å². The van der Waals surface area contributed by atoms with E-state index in [9.17, 15) is 19.5 Å². The van der Waals surface area contributed by atoms with Crippen LogP contribution >= 0.6 is 24.0 Å². The molecule has 0 aliphatic carbocycles. The van der Waals surface area contributed by atoms with Crippen LogP contribution in [0.5, 0.6) is 0 Å². The molecule has 7 nitrogen and oxygen atoms in total. The van der Waals surface area contributed by atoms with Gasteiger partial charge in [-0.2, -0.15) is 12.6 Å². The lowest BCUT2D eigenvalue weighted by atomic mass is 10.0. The lowest BCUT2D eigenvalue weighted by molar-refractivity contribution is -0.143. The molecule has 0 fully saturated rings. The number of hydrogen-bond acceptors (Lipinski definition) is 6. The van der Waals surface area contributed by atoms with Crippen molar-refractivity contribution in [1.82, 2.24) is 15.6 Å². The summed E-state index contributed by atoms with van der Waals surface area (Å²) in [5, 5.41) is 16.2. The quantitative estimate of drug-likeness (QED) is 0.405. The fourth-order valence-corrected chi connectivity index (χ4v) is 4.08. The van der Waals surface area contributed by atoms with Gasteiger partial charge in [-0.1, -0.05) is 26.0 Å². The summed E-state index contributed by atoms with van der Waals surface area (Å²) in [5.74, 6) is -1.83. The van der Waals surface area contributed by atoms with Crippen molar-refractivity contribution in [2.45, 2.75) is 57.4 Å². The highest BCUT2D eigenvalue weighted by Gasteiger charge is 2.34. The summed E-state index contributed by atoms with van der Waals surface area (Å²) >= 11 is 5.87. The summed E-state index contributed by atoms with van der Waals surface area (Å²) in [4.78, 5) is 42.2. The van der Waals surface area contributed by atoms with Gasteiger partial charge in [-0.3, -0.25) is 14.6 Å². The number of thiophene rings is 1. The van der Waals surface area contributed by atoms with E-state index >= 15 is 0 Å². The Balaban J connectivity index is 2.02. The molecule has 2 aromatic heterocycles. The number of carbonyl (C=O) groups excluding carboxylic acids is 2. The lowest BCUT2D eigenvalue weighted by Gasteiger charge is -2.28. The number of rotatable bonds is 10. The van der Waals surface area contributed by atoms with Crippen LogP contribution in [0.4, 0.5) is 0 Å². The predicted molar refractivity (Wildman–Crippen MR) is 125 cm³/mol. The Morgan fingerprint density at radius 1 is 1.23 bits per heavy atom. The maximum atomic E-state index is 12.7. The molecule has 0 aromatic carbocycles. The highest BCUT2D eigenvalue weighted by molar-refractivity contribution is 7.81. The molecular weight excluding hydrogens is 434 g/mol. The molecule has 2 heterocycles. The number of hydrogen-bond donors (Lipinski definition) is 4. The van der Waals surface area contributed by atoms with Crippen molar-refractivity contribution in [3.05, 3.63) is 41.4 Å². The summed E-state index contributed by atoms with van der Waals surface area (Å²) in [6, 6.07) is 6.37. The van der Waals surface area contributed by atoms with Gasteiger partial charge in [-0.25, -0.2) is 4.79 Å². The summed E-state index contributed by atoms with van der Waals surface area (Å²) < 4.78 is 0. The Bertz CT molecular complexity index is 896. The molecule has 2 aromatic rings. The summed E-state index contributed by atoms with van der Waals surface area (Å²) in [5.41, 5.74) is 0.202. The molecule has 2 rings (SSSR count). The third-order valence-corrected chi connectivity index (χ3v) is 5.98. The first kappa shape index (κ1) is 24.9. The van der Waals surface area contributed by atoms with E-state index in [0.717, 1.165) is 10.6 Å². The standard InChI is InChI=1S/C22H29N3O4S2/c1-13(2)10-17(30)19(26)25-22(3,4)21(29)24-16(20(27)28)11-14-7-8-15(23-12-14)18-6-5-9-31-18/h5-9,12-13,16-17,30H,10-11H2,1-4H3,(H,24,29)(H,25,26)(H,27,28)/t16-,17-/m0/s1. The van der Waals surface area contributed by atoms with Gasteiger partial charge in [-0.15, -0.1) is 11.3 Å². The SMILES string of the molecule is CC(C)C[C@H](S)C(=O)NC(C)(C)C(=O)N[C@@H](Cc1ccc(-c2cccs2)nc1)C(=O)O. The van der Waals surface area contributed by atoms with Crippen LogP contribution in [0.15, 0.2) is 35.8 Å². The van der Waals surface area contributed by atoms with Gasteiger partial charge in [0.2, 0.25) is 11.8 Å². The normalized spacial score (nSPS) is 13.5. The Labute approximate surface area is 192 Å². The topological polar surface area (TPSA) is 108 Å². The maximum absolute atomic E-state index is 12.7. The minimum atomic E-state index is -1.29. The number of aliphatic carboxylic acids is 1. The second kappa shape index (κ2) is 10.8. The number of thiol groups is 1. The molecule has 0 aliphatic rings. The van der Waals surface area contributed by atoms with Gasteiger partial charge in [0.05, 0.1) is 15.8 Å². The largest absolute Gasteiger partial charge is 0.480 e. The number of nitrogens with zero attached hydrogens (tertiary/aromatic N) is 1. The molecule has 0 aliphatic heterocycles. The van der Waals surface area contributed by atoms with E-state index < -0.39 is 28.7 Å². The number of aromatic nitrogens is 1. The van der Waals surface area contributed by atoms with Crippen molar-refractivity contribution >= 4 is 41.7 Å². The third kappa shape index (κ3) is 7.36. The summed E-state index contributed by atoms with van der Waals surface area (Å²) in [6.07, 6.45) is 2.26. The van der Waals surface area contributed by atoms with Crippen molar-refractivity contribution < 1.29 is 19.5 Å². The monoisotopic (exact) mass is 463 g/mol. The van der Waals surface area contributed by atoms with Gasteiger partial charge >= 0.3 is 5.97 Å². The van der Waals surface area contributed by atoms with Gasteiger partial charge in [0.15, 0.2) is 0 Å². The number of carboxylic acid groups (broad SMARTS) is 1. The number of carboxylic acids is 1. The number of nitrogens with one attached hydrogen (secondary N) is 2. The van der Waals surface area contributed by atoms with E-state index in [1.807, 2.05) is 37.4 Å². The summed E-state index contributed by atoms with van der Waals surface area (Å²) in [6.45, 7) is 7.03. The molecule has 0 spiro atoms. The van der Waals surface area contributed by atoms with E-state index in [2.05, 4.69) is 28.2 Å². The fraction of sp³-hybridized carbons (Fsp3) is 0.455. The molecule has 0 saturated carbocycles. The number of amides is 2. The highest BCUT2D eigenvalue weighted by Crippen LogP contribution is 2.22.